The average Bonchev–Trinajstić information content (AvgIpc) is 2.32. The number of rotatable bonds is 1. The lowest BCUT2D eigenvalue weighted by Gasteiger charge is -2.20. The number of hydrogen-bond acceptors (Lipinski definition) is 1. The maximum atomic E-state index is 6.13. The number of anilines is 1. The fourth-order valence-corrected chi connectivity index (χ4v) is 2.31. The maximum absolute atomic E-state index is 6.13. The van der Waals surface area contributed by atoms with Crippen molar-refractivity contribution < 1.29 is 0 Å². The van der Waals surface area contributed by atoms with Gasteiger partial charge in [-0.05, 0) is 38.5 Å². The minimum absolute atomic E-state index is 0.150. The van der Waals surface area contributed by atoms with Gasteiger partial charge in [-0.3, -0.25) is 0 Å². The van der Waals surface area contributed by atoms with Crippen LogP contribution in [0.2, 0.25) is 0 Å². The Hall–Kier alpha value is -1.28. The standard InChI is InChI=1S/C16H18BrN/c1-16(2,3)12-7-4-6-11(10-12)13-8-5-9-14(17)15(13)18/h4-10H,18H2,1-3H3. The molecule has 2 aromatic carbocycles. The molecule has 18 heavy (non-hydrogen) atoms. The van der Waals surface area contributed by atoms with Crippen LogP contribution in [0.5, 0.6) is 0 Å². The van der Waals surface area contributed by atoms with E-state index in [1.165, 1.54) is 11.1 Å². The predicted octanol–water partition coefficient (Wildman–Crippen LogP) is 5.00. The van der Waals surface area contributed by atoms with Gasteiger partial charge in [0, 0.05) is 10.0 Å². The normalized spacial score (nSPS) is 11.6. The number of hydrogen-bond donors (Lipinski definition) is 1. The molecule has 0 atom stereocenters. The van der Waals surface area contributed by atoms with E-state index in [-0.39, 0.29) is 5.41 Å². The Morgan fingerprint density at radius 3 is 2.33 bits per heavy atom. The van der Waals surface area contributed by atoms with Gasteiger partial charge in [-0.15, -0.1) is 0 Å². The summed E-state index contributed by atoms with van der Waals surface area (Å²) in [7, 11) is 0. The van der Waals surface area contributed by atoms with Crippen molar-refractivity contribution in [3.63, 3.8) is 0 Å². The number of halogens is 1. The molecule has 0 aliphatic rings. The Bertz CT molecular complexity index is 568. The van der Waals surface area contributed by atoms with E-state index < -0.39 is 0 Å². The van der Waals surface area contributed by atoms with Crippen LogP contribution in [0.25, 0.3) is 11.1 Å². The number of benzene rings is 2. The molecule has 2 rings (SSSR count). The molecule has 0 unspecified atom stereocenters. The van der Waals surface area contributed by atoms with Crippen molar-refractivity contribution >= 4 is 21.6 Å². The fraction of sp³-hybridized carbons (Fsp3) is 0.250. The third-order valence-electron chi connectivity index (χ3n) is 3.09. The Labute approximate surface area is 117 Å². The third kappa shape index (κ3) is 2.59. The van der Waals surface area contributed by atoms with E-state index in [9.17, 15) is 0 Å². The highest BCUT2D eigenvalue weighted by molar-refractivity contribution is 9.10. The minimum Gasteiger partial charge on any atom is -0.397 e. The van der Waals surface area contributed by atoms with Gasteiger partial charge in [0.1, 0.15) is 0 Å². The number of nitrogen functional groups attached to an aromatic ring is 1. The molecule has 2 N–H and O–H groups in total. The van der Waals surface area contributed by atoms with Crippen LogP contribution in [0.15, 0.2) is 46.9 Å². The van der Waals surface area contributed by atoms with E-state index in [0.717, 1.165) is 15.7 Å². The summed E-state index contributed by atoms with van der Waals surface area (Å²) in [5.74, 6) is 0. The summed E-state index contributed by atoms with van der Waals surface area (Å²) in [6.07, 6.45) is 0. The van der Waals surface area contributed by atoms with E-state index in [0.29, 0.717) is 0 Å². The molecule has 0 spiro atoms. The van der Waals surface area contributed by atoms with Crippen LogP contribution in [-0.4, -0.2) is 0 Å². The first-order valence-corrected chi connectivity index (χ1v) is 6.84. The lowest BCUT2D eigenvalue weighted by molar-refractivity contribution is 0.590. The van der Waals surface area contributed by atoms with Crippen molar-refractivity contribution in [2.24, 2.45) is 0 Å². The van der Waals surface area contributed by atoms with Gasteiger partial charge in [0.25, 0.3) is 0 Å². The molecule has 0 heterocycles. The lowest BCUT2D eigenvalue weighted by Crippen LogP contribution is -2.10. The molecule has 0 aromatic heterocycles. The zero-order chi connectivity index (χ0) is 13.3. The molecule has 0 saturated carbocycles. The zero-order valence-corrected chi connectivity index (χ0v) is 12.6. The fourth-order valence-electron chi connectivity index (χ4n) is 1.94. The van der Waals surface area contributed by atoms with E-state index in [2.05, 4.69) is 67.0 Å². The first-order chi connectivity index (χ1) is 8.39. The second-order valence-corrected chi connectivity index (χ2v) is 6.39. The highest BCUT2D eigenvalue weighted by Crippen LogP contribution is 2.33. The van der Waals surface area contributed by atoms with Gasteiger partial charge in [-0.2, -0.15) is 0 Å². The van der Waals surface area contributed by atoms with Crippen LogP contribution in [0, 0.1) is 0 Å². The van der Waals surface area contributed by atoms with Crippen molar-refractivity contribution in [3.05, 3.63) is 52.5 Å². The summed E-state index contributed by atoms with van der Waals surface area (Å²) in [6.45, 7) is 6.66. The molecule has 0 fully saturated rings. The van der Waals surface area contributed by atoms with Gasteiger partial charge < -0.3 is 5.73 Å². The smallest absolute Gasteiger partial charge is 0.0538 e. The Morgan fingerprint density at radius 2 is 1.67 bits per heavy atom. The minimum atomic E-state index is 0.150. The molecule has 2 heteroatoms. The summed E-state index contributed by atoms with van der Waals surface area (Å²) in [4.78, 5) is 0. The monoisotopic (exact) mass is 303 g/mol. The molecule has 1 nitrogen and oxygen atoms in total. The van der Waals surface area contributed by atoms with Gasteiger partial charge in [-0.1, -0.05) is 57.2 Å². The van der Waals surface area contributed by atoms with Crippen LogP contribution in [0.4, 0.5) is 5.69 Å². The van der Waals surface area contributed by atoms with Crippen LogP contribution >= 0.6 is 15.9 Å². The van der Waals surface area contributed by atoms with E-state index >= 15 is 0 Å². The molecule has 94 valence electrons. The predicted molar refractivity (Wildman–Crippen MR) is 82.7 cm³/mol. The molecule has 2 aromatic rings. The van der Waals surface area contributed by atoms with Crippen LogP contribution in [-0.2, 0) is 5.41 Å². The van der Waals surface area contributed by atoms with Gasteiger partial charge >= 0.3 is 0 Å². The highest BCUT2D eigenvalue weighted by Gasteiger charge is 2.14. The number of nitrogens with two attached hydrogens (primary N) is 1. The molecule has 0 aliphatic heterocycles. The summed E-state index contributed by atoms with van der Waals surface area (Å²) in [6, 6.07) is 14.6. The largest absolute Gasteiger partial charge is 0.397 e. The van der Waals surface area contributed by atoms with Crippen LogP contribution in [0.3, 0.4) is 0 Å². The molecular formula is C16H18BrN. The summed E-state index contributed by atoms with van der Waals surface area (Å²) < 4.78 is 0.946. The maximum Gasteiger partial charge on any atom is 0.0538 e. The SMILES string of the molecule is CC(C)(C)c1cccc(-c2cccc(Br)c2N)c1. The van der Waals surface area contributed by atoms with Crippen LogP contribution < -0.4 is 5.73 Å². The van der Waals surface area contributed by atoms with E-state index in [1.807, 2.05) is 12.1 Å². The topological polar surface area (TPSA) is 26.0 Å². The Balaban J connectivity index is 2.55. The first kappa shape index (κ1) is 13.2. The summed E-state index contributed by atoms with van der Waals surface area (Å²) >= 11 is 3.48. The van der Waals surface area contributed by atoms with Gasteiger partial charge in [-0.25, -0.2) is 0 Å². The van der Waals surface area contributed by atoms with Crippen molar-refractivity contribution in [2.45, 2.75) is 26.2 Å². The lowest BCUT2D eigenvalue weighted by atomic mass is 9.85. The third-order valence-corrected chi connectivity index (χ3v) is 3.78. The molecule has 0 bridgehead atoms. The van der Waals surface area contributed by atoms with Gasteiger partial charge in [0.15, 0.2) is 0 Å². The van der Waals surface area contributed by atoms with Crippen molar-refractivity contribution in [1.82, 2.24) is 0 Å². The van der Waals surface area contributed by atoms with Crippen molar-refractivity contribution in [1.29, 1.82) is 0 Å². The van der Waals surface area contributed by atoms with Gasteiger partial charge in [0.2, 0.25) is 0 Å². The van der Waals surface area contributed by atoms with Gasteiger partial charge in [0.05, 0.1) is 5.69 Å². The second kappa shape index (κ2) is 4.77. The molecule has 0 saturated heterocycles. The van der Waals surface area contributed by atoms with E-state index in [1.54, 1.807) is 0 Å². The van der Waals surface area contributed by atoms with E-state index in [4.69, 9.17) is 5.73 Å². The number of para-hydroxylation sites is 1. The Kier molecular flexibility index (Phi) is 3.49. The first-order valence-electron chi connectivity index (χ1n) is 6.04. The molecule has 0 radical (unpaired) electrons. The Morgan fingerprint density at radius 1 is 1.00 bits per heavy atom. The van der Waals surface area contributed by atoms with Crippen molar-refractivity contribution in [2.75, 3.05) is 5.73 Å². The van der Waals surface area contributed by atoms with Crippen molar-refractivity contribution in [3.8, 4) is 11.1 Å². The average molecular weight is 304 g/mol. The second-order valence-electron chi connectivity index (χ2n) is 5.53. The highest BCUT2D eigenvalue weighted by atomic mass is 79.9. The molecule has 0 amide bonds. The molecule has 0 aliphatic carbocycles. The van der Waals surface area contributed by atoms with Crippen LogP contribution in [0.1, 0.15) is 26.3 Å². The molecular weight excluding hydrogens is 286 g/mol. The zero-order valence-electron chi connectivity index (χ0n) is 11.0. The quantitative estimate of drug-likeness (QED) is 0.737. The summed E-state index contributed by atoms with van der Waals surface area (Å²) in [5, 5.41) is 0. The summed E-state index contributed by atoms with van der Waals surface area (Å²) in [5.41, 5.74) is 10.6.